The Labute approximate surface area is 153 Å². The summed E-state index contributed by atoms with van der Waals surface area (Å²) >= 11 is 0. The zero-order valence-electron chi connectivity index (χ0n) is 15.5. The number of ether oxygens (including phenoxy) is 3. The lowest BCUT2D eigenvalue weighted by Gasteiger charge is -2.21. The second-order valence-electron chi connectivity index (χ2n) is 6.78. The quantitative estimate of drug-likeness (QED) is 0.839. The zero-order chi connectivity index (χ0) is 18.7. The molecule has 7 nitrogen and oxygen atoms in total. The molecular weight excluding hydrogens is 336 g/mol. The first-order valence-electron chi connectivity index (χ1n) is 8.98. The summed E-state index contributed by atoms with van der Waals surface area (Å²) in [7, 11) is 4.60. The van der Waals surface area contributed by atoms with Crippen LogP contribution >= 0.6 is 0 Å². The summed E-state index contributed by atoms with van der Waals surface area (Å²) in [5.41, 5.74) is 0.640. The number of methoxy groups -OCH3 is 3. The highest BCUT2D eigenvalue weighted by Crippen LogP contribution is 2.42. The minimum Gasteiger partial charge on any atom is -0.493 e. The van der Waals surface area contributed by atoms with E-state index in [-0.39, 0.29) is 30.2 Å². The fourth-order valence-corrected chi connectivity index (χ4v) is 3.75. The minimum atomic E-state index is -0.331. The van der Waals surface area contributed by atoms with Gasteiger partial charge in [-0.2, -0.15) is 0 Å². The molecule has 1 saturated carbocycles. The van der Waals surface area contributed by atoms with Crippen molar-refractivity contribution < 1.29 is 23.8 Å². The van der Waals surface area contributed by atoms with Gasteiger partial charge in [0.15, 0.2) is 11.5 Å². The van der Waals surface area contributed by atoms with Crippen LogP contribution in [0.15, 0.2) is 12.1 Å². The number of nitrogens with one attached hydrogen (secondary N) is 1. The van der Waals surface area contributed by atoms with E-state index < -0.39 is 0 Å². The van der Waals surface area contributed by atoms with Crippen molar-refractivity contribution in [3.05, 3.63) is 12.1 Å². The molecule has 142 valence electrons. The van der Waals surface area contributed by atoms with E-state index in [2.05, 4.69) is 5.32 Å². The molecule has 1 saturated heterocycles. The van der Waals surface area contributed by atoms with E-state index in [0.29, 0.717) is 29.5 Å². The van der Waals surface area contributed by atoms with E-state index in [1.807, 2.05) is 0 Å². The number of nitrogens with zero attached hydrogens (tertiary/aromatic N) is 1. The summed E-state index contributed by atoms with van der Waals surface area (Å²) in [6, 6.07) is 3.72. The van der Waals surface area contributed by atoms with Crippen LogP contribution in [0, 0.1) is 5.92 Å². The molecule has 1 aromatic rings. The molecule has 3 rings (SSSR count). The van der Waals surface area contributed by atoms with Crippen molar-refractivity contribution in [3.8, 4) is 17.2 Å². The van der Waals surface area contributed by atoms with Crippen LogP contribution in [0.1, 0.15) is 32.1 Å². The molecule has 2 aliphatic rings. The van der Waals surface area contributed by atoms with E-state index >= 15 is 0 Å². The van der Waals surface area contributed by atoms with Crippen LogP contribution in [0.25, 0.3) is 0 Å². The molecule has 1 aromatic carbocycles. The highest BCUT2D eigenvalue weighted by molar-refractivity contribution is 6.00. The van der Waals surface area contributed by atoms with Gasteiger partial charge in [0.05, 0.1) is 32.9 Å². The number of hydrogen-bond acceptors (Lipinski definition) is 5. The van der Waals surface area contributed by atoms with Crippen LogP contribution in [0.3, 0.4) is 0 Å². The lowest BCUT2D eigenvalue weighted by molar-refractivity contribution is -0.126. The van der Waals surface area contributed by atoms with Gasteiger partial charge in [-0.1, -0.05) is 12.8 Å². The molecule has 1 aliphatic carbocycles. The average Bonchev–Trinajstić information content (AvgIpc) is 3.29. The molecule has 0 radical (unpaired) electrons. The van der Waals surface area contributed by atoms with Gasteiger partial charge in [0.1, 0.15) is 0 Å². The van der Waals surface area contributed by atoms with Gasteiger partial charge < -0.3 is 24.4 Å². The summed E-state index contributed by atoms with van der Waals surface area (Å²) in [6.07, 6.45) is 4.60. The predicted molar refractivity (Wildman–Crippen MR) is 97.0 cm³/mol. The Morgan fingerprint density at radius 2 is 1.69 bits per heavy atom. The van der Waals surface area contributed by atoms with Crippen LogP contribution in [-0.4, -0.2) is 45.7 Å². The molecule has 1 heterocycles. The molecule has 0 aromatic heterocycles. The molecule has 0 spiro atoms. The molecule has 1 unspecified atom stereocenters. The Bertz CT molecular complexity index is 660. The Balaban J connectivity index is 1.77. The van der Waals surface area contributed by atoms with Gasteiger partial charge in [0.25, 0.3) is 0 Å². The van der Waals surface area contributed by atoms with Gasteiger partial charge in [-0.25, -0.2) is 0 Å². The molecule has 7 heteroatoms. The lowest BCUT2D eigenvalue weighted by Crippen LogP contribution is -2.38. The smallest absolute Gasteiger partial charge is 0.227 e. The van der Waals surface area contributed by atoms with Crippen molar-refractivity contribution in [2.24, 2.45) is 5.92 Å². The molecule has 1 aliphatic heterocycles. The first-order chi connectivity index (χ1) is 12.6. The third-order valence-corrected chi connectivity index (χ3v) is 5.16. The minimum absolute atomic E-state index is 0.0276. The van der Waals surface area contributed by atoms with Crippen molar-refractivity contribution in [1.82, 2.24) is 5.32 Å². The number of benzene rings is 1. The van der Waals surface area contributed by atoms with Crippen LogP contribution in [0.5, 0.6) is 17.2 Å². The SMILES string of the molecule is COc1cc(N2CC(C(=O)NC3CCCC3)CC2=O)cc(OC)c1OC. The number of anilines is 1. The maximum atomic E-state index is 12.5. The summed E-state index contributed by atoms with van der Waals surface area (Å²) in [4.78, 5) is 26.6. The van der Waals surface area contributed by atoms with E-state index in [1.165, 1.54) is 21.3 Å². The monoisotopic (exact) mass is 362 g/mol. The molecule has 2 amide bonds. The van der Waals surface area contributed by atoms with Crippen molar-refractivity contribution in [2.45, 2.75) is 38.1 Å². The first kappa shape index (κ1) is 18.4. The molecule has 1 N–H and O–H groups in total. The number of hydrogen-bond donors (Lipinski definition) is 1. The third kappa shape index (κ3) is 3.57. The first-order valence-corrected chi connectivity index (χ1v) is 8.98. The van der Waals surface area contributed by atoms with Gasteiger partial charge in [-0.3, -0.25) is 9.59 Å². The van der Waals surface area contributed by atoms with Gasteiger partial charge >= 0.3 is 0 Å². The number of rotatable bonds is 6. The Kier molecular flexibility index (Phi) is 5.54. The van der Waals surface area contributed by atoms with Crippen molar-refractivity contribution in [2.75, 3.05) is 32.8 Å². The molecule has 1 atom stereocenters. The number of amides is 2. The summed E-state index contributed by atoms with van der Waals surface area (Å²) in [5.74, 6) is 0.996. The molecular formula is C19H26N2O5. The highest BCUT2D eigenvalue weighted by atomic mass is 16.5. The van der Waals surface area contributed by atoms with Crippen molar-refractivity contribution in [3.63, 3.8) is 0 Å². The molecule has 2 fully saturated rings. The van der Waals surface area contributed by atoms with Crippen LogP contribution in [0.4, 0.5) is 5.69 Å². The number of carbonyl (C=O) groups is 2. The summed E-state index contributed by atoms with van der Waals surface area (Å²) < 4.78 is 16.0. The van der Waals surface area contributed by atoms with Gasteiger partial charge in [-0.05, 0) is 12.8 Å². The van der Waals surface area contributed by atoms with Crippen molar-refractivity contribution >= 4 is 17.5 Å². The predicted octanol–water partition coefficient (Wildman–Crippen LogP) is 2.12. The van der Waals surface area contributed by atoms with Crippen LogP contribution in [-0.2, 0) is 9.59 Å². The Morgan fingerprint density at radius 1 is 1.08 bits per heavy atom. The summed E-state index contributed by atoms with van der Waals surface area (Å²) in [6.45, 7) is 0.357. The average molecular weight is 362 g/mol. The largest absolute Gasteiger partial charge is 0.493 e. The fraction of sp³-hybridized carbons (Fsp3) is 0.579. The zero-order valence-corrected chi connectivity index (χ0v) is 15.5. The van der Waals surface area contributed by atoms with Crippen LogP contribution in [0.2, 0.25) is 0 Å². The van der Waals surface area contributed by atoms with E-state index in [1.54, 1.807) is 17.0 Å². The number of carbonyl (C=O) groups excluding carboxylic acids is 2. The maximum absolute atomic E-state index is 12.5. The van der Waals surface area contributed by atoms with Crippen molar-refractivity contribution in [1.29, 1.82) is 0 Å². The van der Waals surface area contributed by atoms with E-state index in [9.17, 15) is 9.59 Å². The lowest BCUT2D eigenvalue weighted by atomic mass is 10.1. The molecule has 26 heavy (non-hydrogen) atoms. The maximum Gasteiger partial charge on any atom is 0.227 e. The van der Waals surface area contributed by atoms with Gasteiger partial charge in [0, 0.05) is 31.1 Å². The fourth-order valence-electron chi connectivity index (χ4n) is 3.75. The second kappa shape index (κ2) is 7.85. The Morgan fingerprint density at radius 3 is 2.23 bits per heavy atom. The van der Waals surface area contributed by atoms with E-state index in [0.717, 1.165) is 25.7 Å². The van der Waals surface area contributed by atoms with Gasteiger partial charge in [-0.15, -0.1) is 0 Å². The third-order valence-electron chi connectivity index (χ3n) is 5.16. The molecule has 0 bridgehead atoms. The standard InChI is InChI=1S/C19H26N2O5/c1-24-15-9-14(10-16(25-2)18(15)26-3)21-11-12(8-17(21)22)19(23)20-13-6-4-5-7-13/h9-10,12-13H,4-8,11H2,1-3H3,(H,20,23). The summed E-state index contributed by atoms with van der Waals surface area (Å²) in [5, 5.41) is 3.09. The van der Waals surface area contributed by atoms with E-state index in [4.69, 9.17) is 14.2 Å². The second-order valence-corrected chi connectivity index (χ2v) is 6.78. The van der Waals surface area contributed by atoms with Crippen LogP contribution < -0.4 is 24.4 Å². The van der Waals surface area contributed by atoms with Gasteiger partial charge in [0.2, 0.25) is 17.6 Å². The topological polar surface area (TPSA) is 77.1 Å². The highest BCUT2D eigenvalue weighted by Gasteiger charge is 2.36. The normalized spacial score (nSPS) is 20.3. The Hall–Kier alpha value is -2.44.